The summed E-state index contributed by atoms with van der Waals surface area (Å²) in [7, 11) is 0. The number of rotatable bonds is 3. The van der Waals surface area contributed by atoms with Crippen molar-refractivity contribution in [3.63, 3.8) is 0 Å². The monoisotopic (exact) mass is 298 g/mol. The van der Waals surface area contributed by atoms with Crippen molar-refractivity contribution < 1.29 is 13.2 Å². The zero-order valence-electron chi connectivity index (χ0n) is 10.2. The number of anilines is 1. The largest absolute Gasteiger partial charge is 0.417 e. The fraction of sp³-hybridized carbons (Fsp3) is 0.0714. The third-order valence-corrected chi connectivity index (χ3v) is 2.85. The minimum atomic E-state index is -4.47. The first-order valence-electron chi connectivity index (χ1n) is 5.68. The van der Waals surface area contributed by atoms with Crippen LogP contribution in [0.5, 0.6) is 0 Å². The van der Waals surface area contributed by atoms with Gasteiger partial charge in [-0.15, -0.1) is 0 Å². The van der Waals surface area contributed by atoms with Gasteiger partial charge in [0.15, 0.2) is 0 Å². The second kappa shape index (κ2) is 5.96. The number of halogens is 4. The van der Waals surface area contributed by atoms with Crippen LogP contribution >= 0.6 is 11.6 Å². The van der Waals surface area contributed by atoms with Crippen LogP contribution in [0.1, 0.15) is 11.1 Å². The van der Waals surface area contributed by atoms with Gasteiger partial charge in [-0.3, -0.25) is 5.43 Å². The summed E-state index contributed by atoms with van der Waals surface area (Å²) in [5.74, 6) is 0. The smallest absolute Gasteiger partial charge is 0.279 e. The van der Waals surface area contributed by atoms with Crippen molar-refractivity contribution in [1.29, 1.82) is 0 Å². The Bertz CT molecular complexity index is 610. The Labute approximate surface area is 118 Å². The first-order chi connectivity index (χ1) is 9.48. The van der Waals surface area contributed by atoms with E-state index in [2.05, 4.69) is 10.5 Å². The van der Waals surface area contributed by atoms with E-state index in [9.17, 15) is 13.2 Å². The maximum atomic E-state index is 12.8. The molecule has 0 saturated carbocycles. The molecular formula is C14H10ClF3N2. The fourth-order valence-electron chi connectivity index (χ4n) is 1.60. The lowest BCUT2D eigenvalue weighted by Crippen LogP contribution is -2.09. The first kappa shape index (κ1) is 14.4. The van der Waals surface area contributed by atoms with E-state index in [4.69, 9.17) is 11.6 Å². The number of hydrazone groups is 1. The van der Waals surface area contributed by atoms with Gasteiger partial charge in [0.25, 0.3) is 0 Å². The van der Waals surface area contributed by atoms with Crippen molar-refractivity contribution in [3.8, 4) is 0 Å². The van der Waals surface area contributed by atoms with E-state index in [1.807, 2.05) is 6.07 Å². The number of hydrogen-bond acceptors (Lipinski definition) is 2. The van der Waals surface area contributed by atoms with Crippen molar-refractivity contribution in [2.45, 2.75) is 6.18 Å². The number of alkyl halides is 3. The molecule has 0 saturated heterocycles. The highest BCUT2D eigenvalue weighted by atomic mass is 35.5. The van der Waals surface area contributed by atoms with Crippen molar-refractivity contribution in [2.75, 3.05) is 5.43 Å². The molecule has 0 heterocycles. The van der Waals surface area contributed by atoms with Crippen molar-refractivity contribution in [2.24, 2.45) is 5.10 Å². The summed E-state index contributed by atoms with van der Waals surface area (Å²) in [6, 6.07) is 12.5. The Morgan fingerprint density at radius 3 is 2.35 bits per heavy atom. The first-order valence-corrected chi connectivity index (χ1v) is 6.06. The Morgan fingerprint density at radius 1 is 1.00 bits per heavy atom. The fourth-order valence-corrected chi connectivity index (χ4v) is 1.82. The predicted molar refractivity (Wildman–Crippen MR) is 74.1 cm³/mol. The molecule has 0 fully saturated rings. The number of nitrogens with one attached hydrogen (secondary N) is 1. The topological polar surface area (TPSA) is 24.4 Å². The quantitative estimate of drug-likeness (QED) is 0.638. The van der Waals surface area contributed by atoms with Gasteiger partial charge in [-0.05, 0) is 24.3 Å². The van der Waals surface area contributed by atoms with Gasteiger partial charge in [0, 0.05) is 5.56 Å². The van der Waals surface area contributed by atoms with Gasteiger partial charge in [-0.2, -0.15) is 18.3 Å². The van der Waals surface area contributed by atoms with Crippen molar-refractivity contribution in [1.82, 2.24) is 0 Å². The second-order valence-corrected chi connectivity index (χ2v) is 4.34. The lowest BCUT2D eigenvalue weighted by Gasteiger charge is -2.11. The summed E-state index contributed by atoms with van der Waals surface area (Å²) < 4.78 is 38.5. The average molecular weight is 299 g/mol. The summed E-state index contributed by atoms with van der Waals surface area (Å²) in [5, 5.41) is 3.79. The van der Waals surface area contributed by atoms with Crippen LogP contribution in [-0.2, 0) is 6.18 Å². The number of para-hydroxylation sites is 1. The Hall–Kier alpha value is -2.01. The molecule has 2 nitrogen and oxygen atoms in total. The maximum Gasteiger partial charge on any atom is 0.417 e. The van der Waals surface area contributed by atoms with Crippen LogP contribution in [0.4, 0.5) is 18.9 Å². The van der Waals surface area contributed by atoms with Crippen molar-refractivity contribution in [3.05, 3.63) is 64.7 Å². The number of nitrogens with zero attached hydrogens (tertiary/aromatic N) is 1. The Balaban J connectivity index is 2.25. The van der Waals surface area contributed by atoms with Crippen LogP contribution in [0.25, 0.3) is 0 Å². The summed E-state index contributed by atoms with van der Waals surface area (Å²) in [5.41, 5.74) is 2.34. The van der Waals surface area contributed by atoms with Gasteiger partial charge >= 0.3 is 6.18 Å². The molecule has 0 radical (unpaired) electrons. The van der Waals surface area contributed by atoms with Gasteiger partial charge in [0.1, 0.15) is 0 Å². The Kier molecular flexibility index (Phi) is 4.29. The molecule has 0 aliphatic carbocycles. The van der Waals surface area contributed by atoms with Crippen LogP contribution in [0.15, 0.2) is 53.6 Å². The highest BCUT2D eigenvalue weighted by molar-refractivity contribution is 6.33. The van der Waals surface area contributed by atoms with Gasteiger partial charge in [0.2, 0.25) is 0 Å². The van der Waals surface area contributed by atoms with Crippen LogP contribution in [0.3, 0.4) is 0 Å². The van der Waals surface area contributed by atoms with E-state index in [-0.39, 0.29) is 10.6 Å². The molecule has 2 aromatic carbocycles. The van der Waals surface area contributed by atoms with E-state index in [0.717, 1.165) is 12.3 Å². The van der Waals surface area contributed by atoms with E-state index >= 15 is 0 Å². The SMILES string of the molecule is FC(F)(F)c1cccc(Cl)c1C=NNc1ccccc1. The van der Waals surface area contributed by atoms with E-state index in [1.165, 1.54) is 12.1 Å². The standard InChI is InChI=1S/C14H10ClF3N2/c15-13-8-4-7-12(14(16,17)18)11(13)9-19-20-10-5-2-1-3-6-10/h1-9,20H. The third kappa shape index (κ3) is 3.51. The molecule has 0 amide bonds. The predicted octanol–water partition coefficient (Wildman–Crippen LogP) is 4.80. The normalized spacial score (nSPS) is 11.8. The zero-order chi connectivity index (χ0) is 14.6. The average Bonchev–Trinajstić information content (AvgIpc) is 2.40. The zero-order valence-corrected chi connectivity index (χ0v) is 10.9. The van der Waals surface area contributed by atoms with E-state index < -0.39 is 11.7 Å². The molecule has 104 valence electrons. The number of benzene rings is 2. The molecule has 0 aliphatic heterocycles. The lowest BCUT2D eigenvalue weighted by molar-refractivity contribution is -0.137. The van der Waals surface area contributed by atoms with Crippen molar-refractivity contribution >= 4 is 23.5 Å². The molecule has 0 unspecified atom stereocenters. The summed E-state index contributed by atoms with van der Waals surface area (Å²) in [6.45, 7) is 0. The molecular weight excluding hydrogens is 289 g/mol. The van der Waals surface area contributed by atoms with Gasteiger partial charge in [-0.25, -0.2) is 0 Å². The third-order valence-electron chi connectivity index (χ3n) is 2.52. The van der Waals surface area contributed by atoms with Gasteiger partial charge in [0.05, 0.1) is 22.5 Å². The van der Waals surface area contributed by atoms with Crippen LogP contribution in [-0.4, -0.2) is 6.21 Å². The van der Waals surface area contributed by atoms with E-state index in [0.29, 0.717) is 5.69 Å². The molecule has 1 N–H and O–H groups in total. The lowest BCUT2D eigenvalue weighted by atomic mass is 10.1. The minimum absolute atomic E-state index is 0.00145. The molecule has 0 aliphatic rings. The van der Waals surface area contributed by atoms with Crippen LogP contribution in [0, 0.1) is 0 Å². The Morgan fingerprint density at radius 2 is 1.70 bits per heavy atom. The van der Waals surface area contributed by atoms with E-state index in [1.54, 1.807) is 24.3 Å². The molecule has 20 heavy (non-hydrogen) atoms. The minimum Gasteiger partial charge on any atom is -0.279 e. The highest BCUT2D eigenvalue weighted by Gasteiger charge is 2.33. The molecule has 0 bridgehead atoms. The van der Waals surface area contributed by atoms with Crippen LogP contribution < -0.4 is 5.43 Å². The molecule has 0 aromatic heterocycles. The molecule has 0 spiro atoms. The van der Waals surface area contributed by atoms with Crippen LogP contribution in [0.2, 0.25) is 5.02 Å². The second-order valence-electron chi connectivity index (χ2n) is 3.93. The summed E-state index contributed by atoms with van der Waals surface area (Å²) in [4.78, 5) is 0. The summed E-state index contributed by atoms with van der Waals surface area (Å²) in [6.07, 6.45) is -3.41. The number of hydrogen-bond donors (Lipinski definition) is 1. The van der Waals surface area contributed by atoms with Gasteiger partial charge < -0.3 is 0 Å². The summed E-state index contributed by atoms with van der Waals surface area (Å²) >= 11 is 5.80. The molecule has 2 aromatic rings. The maximum absolute atomic E-state index is 12.8. The molecule has 2 rings (SSSR count). The molecule has 6 heteroatoms. The molecule has 0 atom stereocenters. The highest BCUT2D eigenvalue weighted by Crippen LogP contribution is 2.34. The van der Waals surface area contributed by atoms with Gasteiger partial charge in [-0.1, -0.05) is 35.9 Å².